The monoisotopic (exact) mass is 324 g/mol. The molecule has 0 spiro atoms. The van der Waals surface area contributed by atoms with Crippen molar-refractivity contribution in [3.63, 3.8) is 0 Å². The second kappa shape index (κ2) is 6.93. The van der Waals surface area contributed by atoms with Crippen LogP contribution in [0, 0.1) is 0 Å². The SMILES string of the molecule is NCc1noc(=O)n1Cc1ccc(C(=O)Nc2ccccc2)cc1. The summed E-state index contributed by atoms with van der Waals surface area (Å²) in [7, 11) is 0. The van der Waals surface area contributed by atoms with E-state index in [9.17, 15) is 9.59 Å². The molecule has 0 bridgehead atoms. The number of hydrogen-bond donors (Lipinski definition) is 2. The second-order valence-electron chi connectivity index (χ2n) is 5.17. The van der Waals surface area contributed by atoms with E-state index >= 15 is 0 Å². The molecule has 3 N–H and O–H groups in total. The molecule has 0 fully saturated rings. The van der Waals surface area contributed by atoms with Crippen molar-refractivity contribution in [3.05, 3.63) is 82.1 Å². The van der Waals surface area contributed by atoms with Crippen LogP contribution in [-0.4, -0.2) is 15.6 Å². The zero-order chi connectivity index (χ0) is 16.9. The fourth-order valence-corrected chi connectivity index (χ4v) is 2.27. The van der Waals surface area contributed by atoms with E-state index in [-0.39, 0.29) is 19.0 Å². The van der Waals surface area contributed by atoms with Crippen molar-refractivity contribution < 1.29 is 9.32 Å². The number of nitrogens with one attached hydrogen (secondary N) is 1. The number of nitrogens with two attached hydrogens (primary N) is 1. The first-order valence-corrected chi connectivity index (χ1v) is 7.38. The standard InChI is InChI=1S/C17H16N4O3/c18-10-15-20-24-17(23)21(15)11-12-6-8-13(9-7-12)16(22)19-14-4-2-1-3-5-14/h1-9H,10-11,18H2,(H,19,22). The van der Waals surface area contributed by atoms with Crippen LogP contribution in [0.4, 0.5) is 5.69 Å². The van der Waals surface area contributed by atoms with Gasteiger partial charge in [-0.3, -0.25) is 13.9 Å². The number of carbonyl (C=O) groups excluding carboxylic acids is 1. The van der Waals surface area contributed by atoms with Crippen molar-refractivity contribution in [2.24, 2.45) is 5.73 Å². The van der Waals surface area contributed by atoms with E-state index < -0.39 is 5.76 Å². The Morgan fingerprint density at radius 2 is 1.83 bits per heavy atom. The van der Waals surface area contributed by atoms with Gasteiger partial charge in [-0.05, 0) is 29.8 Å². The van der Waals surface area contributed by atoms with Crippen molar-refractivity contribution in [3.8, 4) is 0 Å². The maximum Gasteiger partial charge on any atom is 0.441 e. The third-order valence-corrected chi connectivity index (χ3v) is 3.53. The predicted molar refractivity (Wildman–Crippen MR) is 88.6 cm³/mol. The lowest BCUT2D eigenvalue weighted by molar-refractivity contribution is 0.102. The molecule has 7 nitrogen and oxygen atoms in total. The molecule has 0 aliphatic heterocycles. The minimum atomic E-state index is -0.554. The minimum Gasteiger partial charge on any atom is -0.324 e. The number of nitrogens with zero attached hydrogens (tertiary/aromatic N) is 2. The van der Waals surface area contributed by atoms with Crippen LogP contribution < -0.4 is 16.8 Å². The summed E-state index contributed by atoms with van der Waals surface area (Å²) >= 11 is 0. The summed E-state index contributed by atoms with van der Waals surface area (Å²) in [5.74, 6) is -0.371. The molecule has 0 saturated carbocycles. The highest BCUT2D eigenvalue weighted by Gasteiger charge is 2.10. The Labute approximate surface area is 137 Å². The van der Waals surface area contributed by atoms with E-state index in [1.54, 1.807) is 24.3 Å². The summed E-state index contributed by atoms with van der Waals surface area (Å²) in [6.07, 6.45) is 0. The molecule has 3 rings (SSSR count). The predicted octanol–water partition coefficient (Wildman–Crippen LogP) is 1.60. The van der Waals surface area contributed by atoms with Crippen molar-refractivity contribution >= 4 is 11.6 Å². The van der Waals surface area contributed by atoms with Gasteiger partial charge in [-0.15, -0.1) is 0 Å². The van der Waals surface area contributed by atoms with Gasteiger partial charge in [-0.1, -0.05) is 35.5 Å². The lowest BCUT2D eigenvalue weighted by atomic mass is 10.1. The van der Waals surface area contributed by atoms with Crippen molar-refractivity contribution in [1.82, 2.24) is 9.72 Å². The van der Waals surface area contributed by atoms with Gasteiger partial charge < -0.3 is 11.1 Å². The zero-order valence-corrected chi connectivity index (χ0v) is 12.8. The van der Waals surface area contributed by atoms with Gasteiger partial charge in [0, 0.05) is 11.3 Å². The molecule has 7 heteroatoms. The van der Waals surface area contributed by atoms with E-state index in [4.69, 9.17) is 5.73 Å². The fourth-order valence-electron chi connectivity index (χ4n) is 2.27. The quantitative estimate of drug-likeness (QED) is 0.742. The molecule has 0 atom stereocenters. The number of anilines is 1. The van der Waals surface area contributed by atoms with E-state index in [0.717, 1.165) is 11.3 Å². The minimum absolute atomic E-state index is 0.114. The first-order valence-electron chi connectivity index (χ1n) is 7.38. The highest BCUT2D eigenvalue weighted by Crippen LogP contribution is 2.11. The molecule has 122 valence electrons. The lowest BCUT2D eigenvalue weighted by Gasteiger charge is -2.07. The Hall–Kier alpha value is -3.19. The Kier molecular flexibility index (Phi) is 4.53. The number of benzene rings is 2. The number of hydrogen-bond acceptors (Lipinski definition) is 5. The smallest absolute Gasteiger partial charge is 0.324 e. The van der Waals surface area contributed by atoms with Crippen LogP contribution in [0.3, 0.4) is 0 Å². The first kappa shape index (κ1) is 15.7. The van der Waals surface area contributed by atoms with Crippen molar-refractivity contribution in [2.75, 3.05) is 5.32 Å². The molecule has 0 saturated heterocycles. The van der Waals surface area contributed by atoms with Gasteiger partial charge in [0.1, 0.15) is 0 Å². The number of amides is 1. The average Bonchev–Trinajstić information content (AvgIpc) is 2.96. The summed E-state index contributed by atoms with van der Waals surface area (Å²) < 4.78 is 5.96. The van der Waals surface area contributed by atoms with Gasteiger partial charge in [0.2, 0.25) is 0 Å². The third-order valence-electron chi connectivity index (χ3n) is 3.53. The summed E-state index contributed by atoms with van der Waals surface area (Å²) in [5, 5.41) is 6.42. The molecule has 0 aliphatic rings. The summed E-state index contributed by atoms with van der Waals surface area (Å²) in [4.78, 5) is 23.8. The Morgan fingerprint density at radius 1 is 1.12 bits per heavy atom. The maximum atomic E-state index is 12.2. The first-order chi connectivity index (χ1) is 11.7. The molecule has 1 amide bonds. The molecule has 1 heterocycles. The second-order valence-corrected chi connectivity index (χ2v) is 5.17. The van der Waals surface area contributed by atoms with Gasteiger partial charge in [-0.2, -0.15) is 0 Å². The summed E-state index contributed by atoms with van der Waals surface area (Å²) in [6.45, 7) is 0.402. The van der Waals surface area contributed by atoms with E-state index in [2.05, 4.69) is 15.0 Å². The number of aromatic nitrogens is 2. The van der Waals surface area contributed by atoms with Gasteiger partial charge in [0.05, 0.1) is 13.1 Å². The third kappa shape index (κ3) is 3.41. The highest BCUT2D eigenvalue weighted by molar-refractivity contribution is 6.04. The van der Waals surface area contributed by atoms with E-state index in [1.165, 1.54) is 4.57 Å². The Morgan fingerprint density at radius 3 is 2.50 bits per heavy atom. The van der Waals surface area contributed by atoms with Crippen molar-refractivity contribution in [1.29, 1.82) is 0 Å². The van der Waals surface area contributed by atoms with Crippen LogP contribution in [0.15, 0.2) is 63.9 Å². The molecular weight excluding hydrogens is 308 g/mol. The van der Waals surface area contributed by atoms with Gasteiger partial charge >= 0.3 is 5.76 Å². The van der Waals surface area contributed by atoms with Gasteiger partial charge in [-0.25, -0.2) is 4.79 Å². The van der Waals surface area contributed by atoms with Crippen LogP contribution in [0.5, 0.6) is 0 Å². The Balaban J connectivity index is 1.72. The normalized spacial score (nSPS) is 10.5. The lowest BCUT2D eigenvalue weighted by Crippen LogP contribution is -2.19. The van der Waals surface area contributed by atoms with Crippen LogP contribution >= 0.6 is 0 Å². The van der Waals surface area contributed by atoms with Crippen LogP contribution in [0.1, 0.15) is 21.7 Å². The molecule has 3 aromatic rings. The van der Waals surface area contributed by atoms with E-state index in [0.29, 0.717) is 11.4 Å². The topological polar surface area (TPSA) is 103 Å². The van der Waals surface area contributed by atoms with Crippen molar-refractivity contribution in [2.45, 2.75) is 13.1 Å². The summed E-state index contributed by atoms with van der Waals surface area (Å²) in [6, 6.07) is 16.2. The number of para-hydroxylation sites is 1. The van der Waals surface area contributed by atoms with E-state index in [1.807, 2.05) is 30.3 Å². The van der Waals surface area contributed by atoms with Gasteiger partial charge in [0.15, 0.2) is 5.82 Å². The van der Waals surface area contributed by atoms with Crippen LogP contribution in [-0.2, 0) is 13.1 Å². The van der Waals surface area contributed by atoms with Crippen LogP contribution in [0.25, 0.3) is 0 Å². The zero-order valence-electron chi connectivity index (χ0n) is 12.8. The molecule has 0 unspecified atom stereocenters. The molecule has 2 aromatic carbocycles. The largest absolute Gasteiger partial charge is 0.441 e. The molecule has 1 aromatic heterocycles. The molecular formula is C17H16N4O3. The molecule has 0 aliphatic carbocycles. The average molecular weight is 324 g/mol. The Bertz CT molecular complexity index is 882. The number of rotatable bonds is 5. The molecule has 24 heavy (non-hydrogen) atoms. The van der Waals surface area contributed by atoms with Gasteiger partial charge in [0.25, 0.3) is 5.91 Å². The summed E-state index contributed by atoms with van der Waals surface area (Å²) in [5.41, 5.74) is 7.62. The molecule has 0 radical (unpaired) electrons. The number of carbonyl (C=O) groups is 1. The van der Waals surface area contributed by atoms with Crippen LogP contribution in [0.2, 0.25) is 0 Å². The maximum absolute atomic E-state index is 12.2. The fraction of sp³-hybridized carbons (Fsp3) is 0.118. The highest BCUT2D eigenvalue weighted by atomic mass is 16.5.